The lowest BCUT2D eigenvalue weighted by Gasteiger charge is -2.13. The Morgan fingerprint density at radius 3 is 2.23 bits per heavy atom. The zero-order valence-electron chi connectivity index (χ0n) is 12.8. The molecular weight excluding hydrogens is 300 g/mol. The molecule has 114 valence electrons. The van der Waals surface area contributed by atoms with Crippen molar-refractivity contribution in [3.05, 3.63) is 33.8 Å². The highest BCUT2D eigenvalue weighted by Gasteiger charge is 2.13. The molecule has 0 saturated heterocycles. The number of aromatic nitrogens is 1. The van der Waals surface area contributed by atoms with E-state index in [4.69, 9.17) is 14.2 Å². The Morgan fingerprint density at radius 2 is 1.82 bits per heavy atom. The molecule has 0 fully saturated rings. The number of methoxy groups -OCH3 is 3. The van der Waals surface area contributed by atoms with Gasteiger partial charge in [0.05, 0.1) is 26.9 Å². The smallest absolute Gasteiger partial charge is 0.203 e. The zero-order valence-corrected chi connectivity index (χ0v) is 13.7. The fourth-order valence-corrected chi connectivity index (χ4v) is 2.73. The Bertz CT molecular complexity index is 719. The number of thiazole rings is 1. The lowest BCUT2D eigenvalue weighted by atomic mass is 10.1. The van der Waals surface area contributed by atoms with Gasteiger partial charge in [0.1, 0.15) is 11.1 Å². The van der Waals surface area contributed by atoms with Gasteiger partial charge in [-0.05, 0) is 30.7 Å². The zero-order chi connectivity index (χ0) is 16.1. The molecule has 0 radical (unpaired) electrons. The fourth-order valence-electron chi connectivity index (χ4n) is 1.97. The molecule has 0 amide bonds. The average Bonchev–Trinajstić information content (AvgIpc) is 2.97. The van der Waals surface area contributed by atoms with Gasteiger partial charge >= 0.3 is 0 Å². The maximum Gasteiger partial charge on any atom is 0.203 e. The predicted molar refractivity (Wildman–Crippen MR) is 86.4 cm³/mol. The van der Waals surface area contributed by atoms with E-state index in [1.54, 1.807) is 39.5 Å². The highest BCUT2D eigenvalue weighted by atomic mass is 32.1. The van der Waals surface area contributed by atoms with Crippen molar-refractivity contribution >= 4 is 23.0 Å². The molecule has 5 nitrogen and oxygen atoms in total. The maximum atomic E-state index is 9.36. The van der Waals surface area contributed by atoms with Crippen molar-refractivity contribution in [3.8, 4) is 23.3 Å². The number of aryl methyl sites for hydroxylation is 1. The summed E-state index contributed by atoms with van der Waals surface area (Å²) in [6, 6.07) is 5.76. The molecule has 1 aromatic heterocycles. The Hall–Kier alpha value is -2.52. The molecule has 2 rings (SSSR count). The summed E-state index contributed by atoms with van der Waals surface area (Å²) in [6.07, 6.45) is 1.75. The summed E-state index contributed by atoms with van der Waals surface area (Å²) in [5.74, 6) is 1.60. The molecule has 1 aromatic carbocycles. The number of nitriles is 1. The molecule has 1 heterocycles. The molecule has 2 aromatic rings. The molecule has 0 unspecified atom stereocenters. The van der Waals surface area contributed by atoms with Gasteiger partial charge < -0.3 is 14.2 Å². The highest BCUT2D eigenvalue weighted by molar-refractivity contribution is 7.11. The first-order chi connectivity index (χ1) is 10.6. The van der Waals surface area contributed by atoms with Crippen molar-refractivity contribution in [1.82, 2.24) is 4.98 Å². The van der Waals surface area contributed by atoms with Gasteiger partial charge in [0.15, 0.2) is 11.5 Å². The molecule has 0 atom stereocenters. The normalized spacial score (nSPS) is 11.0. The summed E-state index contributed by atoms with van der Waals surface area (Å²) < 4.78 is 15.9. The van der Waals surface area contributed by atoms with Gasteiger partial charge in [-0.2, -0.15) is 5.26 Å². The van der Waals surface area contributed by atoms with Crippen LogP contribution in [0, 0.1) is 18.3 Å². The van der Waals surface area contributed by atoms with Gasteiger partial charge in [0.2, 0.25) is 5.75 Å². The van der Waals surface area contributed by atoms with Crippen LogP contribution in [0.3, 0.4) is 0 Å². The third-order valence-corrected chi connectivity index (χ3v) is 3.96. The van der Waals surface area contributed by atoms with Crippen LogP contribution in [0.1, 0.15) is 16.3 Å². The summed E-state index contributed by atoms with van der Waals surface area (Å²) in [7, 11) is 4.66. The second kappa shape index (κ2) is 6.96. The van der Waals surface area contributed by atoms with Crippen LogP contribution >= 0.6 is 11.3 Å². The summed E-state index contributed by atoms with van der Waals surface area (Å²) in [5, 5.41) is 12.0. The van der Waals surface area contributed by atoms with Gasteiger partial charge in [-0.3, -0.25) is 0 Å². The SMILES string of the molecule is COc1cc(C=C(C#N)c2nc(C)cs2)cc(OC)c1OC. The largest absolute Gasteiger partial charge is 0.493 e. The Morgan fingerprint density at radius 1 is 1.18 bits per heavy atom. The molecule has 22 heavy (non-hydrogen) atoms. The molecular formula is C16H16N2O3S. The van der Waals surface area contributed by atoms with Gasteiger partial charge in [-0.25, -0.2) is 4.98 Å². The second-order valence-electron chi connectivity index (χ2n) is 4.42. The van der Waals surface area contributed by atoms with Crippen LogP contribution in [-0.4, -0.2) is 26.3 Å². The first-order valence-electron chi connectivity index (χ1n) is 6.47. The summed E-state index contributed by atoms with van der Waals surface area (Å²) in [5.41, 5.74) is 2.16. The van der Waals surface area contributed by atoms with Gasteiger partial charge in [-0.15, -0.1) is 11.3 Å². The van der Waals surface area contributed by atoms with Crippen molar-refractivity contribution in [1.29, 1.82) is 5.26 Å². The standard InChI is InChI=1S/C16H16N2O3S/c1-10-9-22-16(18-10)12(8-17)5-11-6-13(19-2)15(21-4)14(7-11)20-3/h5-7,9H,1-4H3. The molecule has 0 N–H and O–H groups in total. The Labute approximate surface area is 133 Å². The molecule has 0 aliphatic carbocycles. The Balaban J connectivity index is 2.52. The van der Waals surface area contributed by atoms with Crippen LogP contribution < -0.4 is 14.2 Å². The highest BCUT2D eigenvalue weighted by Crippen LogP contribution is 2.39. The van der Waals surface area contributed by atoms with E-state index in [0.717, 1.165) is 11.3 Å². The van der Waals surface area contributed by atoms with Gasteiger partial charge in [0, 0.05) is 11.1 Å². The van der Waals surface area contributed by atoms with E-state index in [0.29, 0.717) is 27.8 Å². The third-order valence-electron chi connectivity index (χ3n) is 2.97. The van der Waals surface area contributed by atoms with Crippen molar-refractivity contribution < 1.29 is 14.2 Å². The first-order valence-corrected chi connectivity index (χ1v) is 7.35. The number of hydrogen-bond acceptors (Lipinski definition) is 6. The topological polar surface area (TPSA) is 64.4 Å². The van der Waals surface area contributed by atoms with Crippen LogP contribution in [0.25, 0.3) is 11.6 Å². The van der Waals surface area contributed by atoms with E-state index in [1.807, 2.05) is 12.3 Å². The lowest BCUT2D eigenvalue weighted by Crippen LogP contribution is -1.95. The van der Waals surface area contributed by atoms with Crippen LogP contribution in [0.15, 0.2) is 17.5 Å². The molecule has 0 aliphatic rings. The molecule has 0 aliphatic heterocycles. The van der Waals surface area contributed by atoms with Crippen LogP contribution in [-0.2, 0) is 0 Å². The molecule has 0 spiro atoms. The minimum absolute atomic E-state index is 0.493. The van der Waals surface area contributed by atoms with Crippen molar-refractivity contribution in [2.75, 3.05) is 21.3 Å². The number of hydrogen-bond donors (Lipinski definition) is 0. The quantitative estimate of drug-likeness (QED) is 0.789. The van der Waals surface area contributed by atoms with E-state index >= 15 is 0 Å². The minimum atomic E-state index is 0.493. The second-order valence-corrected chi connectivity index (χ2v) is 5.28. The van der Waals surface area contributed by atoms with Crippen molar-refractivity contribution in [2.45, 2.75) is 6.92 Å². The lowest BCUT2D eigenvalue weighted by molar-refractivity contribution is 0.324. The number of nitrogens with zero attached hydrogens (tertiary/aromatic N) is 2. The number of ether oxygens (including phenoxy) is 3. The van der Waals surface area contributed by atoms with E-state index < -0.39 is 0 Å². The minimum Gasteiger partial charge on any atom is -0.493 e. The van der Waals surface area contributed by atoms with Crippen molar-refractivity contribution in [3.63, 3.8) is 0 Å². The van der Waals surface area contributed by atoms with Gasteiger partial charge in [-0.1, -0.05) is 0 Å². The summed E-state index contributed by atoms with van der Waals surface area (Å²) >= 11 is 1.44. The van der Waals surface area contributed by atoms with Crippen LogP contribution in [0.5, 0.6) is 17.2 Å². The number of rotatable bonds is 5. The van der Waals surface area contributed by atoms with Crippen LogP contribution in [0.2, 0.25) is 0 Å². The summed E-state index contributed by atoms with van der Waals surface area (Å²) in [6.45, 7) is 1.90. The fraction of sp³-hybridized carbons (Fsp3) is 0.250. The molecule has 0 saturated carbocycles. The van der Waals surface area contributed by atoms with E-state index in [-0.39, 0.29) is 0 Å². The summed E-state index contributed by atoms with van der Waals surface area (Å²) in [4.78, 5) is 4.34. The molecule has 0 bridgehead atoms. The molecule has 6 heteroatoms. The van der Waals surface area contributed by atoms with E-state index in [9.17, 15) is 5.26 Å². The van der Waals surface area contributed by atoms with E-state index in [2.05, 4.69) is 11.1 Å². The van der Waals surface area contributed by atoms with E-state index in [1.165, 1.54) is 11.3 Å². The maximum absolute atomic E-state index is 9.36. The van der Waals surface area contributed by atoms with Crippen molar-refractivity contribution in [2.24, 2.45) is 0 Å². The number of benzene rings is 1. The first kappa shape index (κ1) is 15.9. The van der Waals surface area contributed by atoms with Gasteiger partial charge in [0.25, 0.3) is 0 Å². The van der Waals surface area contributed by atoms with Crippen LogP contribution in [0.4, 0.5) is 0 Å². The predicted octanol–water partition coefficient (Wildman–Crippen LogP) is 3.54. The third kappa shape index (κ3) is 3.21. The Kier molecular flexibility index (Phi) is 5.02. The monoisotopic (exact) mass is 316 g/mol. The average molecular weight is 316 g/mol. The number of allylic oxidation sites excluding steroid dienone is 1.